The minimum Gasteiger partial charge on any atom is -0.366 e. The van der Waals surface area contributed by atoms with Gasteiger partial charge in [-0.2, -0.15) is 18.4 Å². The summed E-state index contributed by atoms with van der Waals surface area (Å²) < 4.78 is 64.2. The second-order valence-electron chi connectivity index (χ2n) is 7.27. The van der Waals surface area contributed by atoms with Crippen molar-refractivity contribution in [3.05, 3.63) is 70.4 Å². The highest BCUT2D eigenvalue weighted by Crippen LogP contribution is 2.38. The number of hydrogen-bond donors (Lipinski definition) is 2. The number of urea groups is 1. The molecule has 0 spiro atoms. The topological polar surface area (TPSA) is 133 Å². The van der Waals surface area contributed by atoms with E-state index in [0.29, 0.717) is 0 Å². The standard InChI is InChI=1S/C21H17F3N4O4S/c1-11-17(19(26)29)18(15-7-6-12(10-25)8-16(15)33(2,31)32)27-20(30)28(11)14-5-3-4-13(9-14)21(22,23)24/h3-9,18H,1-2H3,(H2,26,29)(H,27,30). The minimum absolute atomic E-state index is 0.0123. The summed E-state index contributed by atoms with van der Waals surface area (Å²) in [4.78, 5) is 25.9. The first-order valence-corrected chi connectivity index (χ1v) is 11.2. The molecule has 33 heavy (non-hydrogen) atoms. The lowest BCUT2D eigenvalue weighted by atomic mass is 9.93. The van der Waals surface area contributed by atoms with Gasteiger partial charge < -0.3 is 11.1 Å². The number of nitrogens with one attached hydrogen (secondary N) is 1. The molecule has 172 valence electrons. The Labute approximate surface area is 187 Å². The molecule has 1 atom stereocenters. The van der Waals surface area contributed by atoms with Gasteiger partial charge in [-0.3, -0.25) is 9.69 Å². The molecule has 1 heterocycles. The van der Waals surface area contributed by atoms with Crippen LogP contribution in [0.15, 0.2) is 58.6 Å². The fourth-order valence-electron chi connectivity index (χ4n) is 3.59. The average molecular weight is 478 g/mol. The molecule has 3 amide bonds. The fourth-order valence-corrected chi connectivity index (χ4v) is 4.55. The van der Waals surface area contributed by atoms with Crippen LogP contribution in [-0.4, -0.2) is 26.6 Å². The number of hydrogen-bond acceptors (Lipinski definition) is 5. The zero-order chi connectivity index (χ0) is 24.7. The third-order valence-electron chi connectivity index (χ3n) is 5.04. The Bertz CT molecular complexity index is 1340. The number of nitriles is 1. The zero-order valence-corrected chi connectivity index (χ0v) is 18.1. The van der Waals surface area contributed by atoms with Crippen LogP contribution in [0, 0.1) is 11.3 Å². The molecule has 12 heteroatoms. The fraction of sp³-hybridized carbons (Fsp3) is 0.190. The Morgan fingerprint density at radius 3 is 2.42 bits per heavy atom. The smallest absolute Gasteiger partial charge is 0.366 e. The number of benzene rings is 2. The molecular formula is C21H17F3N4O4S. The summed E-state index contributed by atoms with van der Waals surface area (Å²) >= 11 is 0. The van der Waals surface area contributed by atoms with Crippen LogP contribution in [0.1, 0.15) is 29.7 Å². The van der Waals surface area contributed by atoms with Gasteiger partial charge in [0.25, 0.3) is 0 Å². The van der Waals surface area contributed by atoms with E-state index >= 15 is 0 Å². The molecule has 0 aliphatic carbocycles. The molecule has 0 fully saturated rings. The van der Waals surface area contributed by atoms with Gasteiger partial charge in [0.2, 0.25) is 5.91 Å². The second-order valence-corrected chi connectivity index (χ2v) is 9.25. The van der Waals surface area contributed by atoms with Gasteiger partial charge in [-0.25, -0.2) is 13.2 Å². The van der Waals surface area contributed by atoms with E-state index < -0.39 is 39.6 Å². The molecule has 0 saturated carbocycles. The van der Waals surface area contributed by atoms with Gasteiger partial charge in [0.05, 0.1) is 39.4 Å². The maximum atomic E-state index is 13.2. The maximum absolute atomic E-state index is 13.2. The second kappa shape index (κ2) is 8.25. The summed E-state index contributed by atoms with van der Waals surface area (Å²) in [6, 6.07) is 7.22. The summed E-state index contributed by atoms with van der Waals surface area (Å²) in [5.41, 5.74) is 4.09. The van der Waals surface area contributed by atoms with Crippen LogP contribution in [0.5, 0.6) is 0 Å². The number of primary amides is 1. The maximum Gasteiger partial charge on any atom is 0.416 e. The highest BCUT2D eigenvalue weighted by atomic mass is 32.2. The van der Waals surface area contributed by atoms with Gasteiger partial charge in [-0.15, -0.1) is 0 Å². The Hall–Kier alpha value is -3.85. The van der Waals surface area contributed by atoms with Crippen LogP contribution in [0.3, 0.4) is 0 Å². The first-order chi connectivity index (χ1) is 15.3. The van der Waals surface area contributed by atoms with Crippen molar-refractivity contribution in [1.82, 2.24) is 5.32 Å². The number of anilines is 1. The lowest BCUT2D eigenvalue weighted by Gasteiger charge is -2.36. The molecular weight excluding hydrogens is 461 g/mol. The molecule has 1 aliphatic heterocycles. The van der Waals surface area contributed by atoms with Gasteiger partial charge in [0.15, 0.2) is 9.84 Å². The van der Waals surface area contributed by atoms with E-state index in [1.165, 1.54) is 25.1 Å². The number of alkyl halides is 3. The predicted molar refractivity (Wildman–Crippen MR) is 111 cm³/mol. The SMILES string of the molecule is CC1=C(C(N)=O)C(c2ccc(C#N)cc2S(C)(=O)=O)NC(=O)N1c1cccc(C(F)(F)F)c1. The monoisotopic (exact) mass is 478 g/mol. The van der Waals surface area contributed by atoms with Crippen molar-refractivity contribution in [3.8, 4) is 6.07 Å². The normalized spacial score (nSPS) is 16.9. The third kappa shape index (κ3) is 4.54. The molecule has 1 aliphatic rings. The first-order valence-electron chi connectivity index (χ1n) is 9.28. The largest absolute Gasteiger partial charge is 0.416 e. The van der Waals surface area contributed by atoms with Crippen molar-refractivity contribution in [2.24, 2.45) is 5.73 Å². The van der Waals surface area contributed by atoms with E-state index in [4.69, 9.17) is 11.0 Å². The molecule has 0 saturated heterocycles. The van der Waals surface area contributed by atoms with E-state index in [9.17, 15) is 31.2 Å². The van der Waals surface area contributed by atoms with Crippen molar-refractivity contribution < 1.29 is 31.2 Å². The average Bonchev–Trinajstić information content (AvgIpc) is 2.71. The van der Waals surface area contributed by atoms with Gasteiger partial charge in [0, 0.05) is 12.0 Å². The van der Waals surface area contributed by atoms with Crippen LogP contribution in [-0.2, 0) is 20.8 Å². The number of nitrogens with zero attached hydrogens (tertiary/aromatic N) is 2. The lowest BCUT2D eigenvalue weighted by Crippen LogP contribution is -2.49. The van der Waals surface area contributed by atoms with Crippen molar-refractivity contribution in [3.63, 3.8) is 0 Å². The van der Waals surface area contributed by atoms with E-state index in [-0.39, 0.29) is 33.0 Å². The van der Waals surface area contributed by atoms with E-state index in [0.717, 1.165) is 35.4 Å². The van der Waals surface area contributed by atoms with Crippen LogP contribution < -0.4 is 16.0 Å². The number of amides is 3. The number of sulfone groups is 1. The summed E-state index contributed by atoms with van der Waals surface area (Å²) in [6.07, 6.45) is -3.77. The van der Waals surface area contributed by atoms with Gasteiger partial charge in [-0.1, -0.05) is 12.1 Å². The number of carbonyl (C=O) groups excluding carboxylic acids is 2. The number of halogens is 3. The molecule has 0 aromatic heterocycles. The molecule has 2 aromatic carbocycles. The molecule has 3 rings (SSSR count). The van der Waals surface area contributed by atoms with E-state index in [1.807, 2.05) is 6.07 Å². The first kappa shape index (κ1) is 23.8. The molecule has 3 N–H and O–H groups in total. The van der Waals surface area contributed by atoms with Gasteiger partial charge in [0.1, 0.15) is 0 Å². The Balaban J connectivity index is 2.23. The number of allylic oxidation sites excluding steroid dienone is 1. The van der Waals surface area contributed by atoms with Crippen LogP contribution in [0.4, 0.5) is 23.7 Å². The molecule has 0 radical (unpaired) electrons. The van der Waals surface area contributed by atoms with E-state index in [1.54, 1.807) is 0 Å². The third-order valence-corrected chi connectivity index (χ3v) is 6.19. The summed E-state index contributed by atoms with van der Waals surface area (Å²) in [5.74, 6) is -1.02. The Morgan fingerprint density at radius 2 is 1.88 bits per heavy atom. The lowest BCUT2D eigenvalue weighted by molar-refractivity contribution is -0.137. The minimum atomic E-state index is -4.66. The van der Waals surface area contributed by atoms with Gasteiger partial charge >= 0.3 is 12.2 Å². The highest BCUT2D eigenvalue weighted by Gasteiger charge is 2.38. The number of nitrogens with two attached hydrogens (primary N) is 1. The quantitative estimate of drug-likeness (QED) is 0.697. The zero-order valence-electron chi connectivity index (χ0n) is 17.3. The van der Waals surface area contributed by atoms with Crippen molar-refractivity contribution >= 4 is 27.5 Å². The van der Waals surface area contributed by atoms with Crippen molar-refractivity contribution in [2.45, 2.75) is 24.0 Å². The molecule has 0 bridgehead atoms. The number of rotatable bonds is 4. The Morgan fingerprint density at radius 1 is 1.21 bits per heavy atom. The van der Waals surface area contributed by atoms with Crippen LogP contribution in [0.2, 0.25) is 0 Å². The van der Waals surface area contributed by atoms with E-state index in [2.05, 4.69) is 5.32 Å². The summed E-state index contributed by atoms with van der Waals surface area (Å²) in [7, 11) is -3.90. The molecule has 2 aromatic rings. The summed E-state index contributed by atoms with van der Waals surface area (Å²) in [5, 5.41) is 11.6. The number of carbonyl (C=O) groups is 2. The van der Waals surface area contributed by atoms with Crippen LogP contribution in [0.25, 0.3) is 0 Å². The van der Waals surface area contributed by atoms with Crippen molar-refractivity contribution in [1.29, 1.82) is 5.26 Å². The van der Waals surface area contributed by atoms with Crippen molar-refractivity contribution in [2.75, 3.05) is 11.2 Å². The summed E-state index contributed by atoms with van der Waals surface area (Å²) in [6.45, 7) is 1.32. The Kier molecular flexibility index (Phi) is 5.95. The van der Waals surface area contributed by atoms with Crippen LogP contribution >= 0.6 is 0 Å². The predicted octanol–water partition coefficient (Wildman–Crippen LogP) is 3.01. The molecule has 8 nitrogen and oxygen atoms in total. The highest BCUT2D eigenvalue weighted by molar-refractivity contribution is 7.90. The van der Waals surface area contributed by atoms with Gasteiger partial charge in [-0.05, 0) is 42.8 Å². The molecule has 1 unspecified atom stereocenters.